The van der Waals surface area contributed by atoms with E-state index < -0.39 is 0 Å². The number of aromatic nitrogens is 1. The fourth-order valence-electron chi connectivity index (χ4n) is 2.93. The van der Waals surface area contributed by atoms with Crippen LogP contribution < -0.4 is 10.6 Å². The summed E-state index contributed by atoms with van der Waals surface area (Å²) in [5.41, 5.74) is 0.979. The minimum Gasteiger partial charge on any atom is -0.379 e. The lowest BCUT2D eigenvalue weighted by Crippen LogP contribution is -2.39. The molecular weight excluding hydrogens is 497 g/mol. The first kappa shape index (κ1) is 26.6. The number of rotatable bonds is 12. The van der Waals surface area contributed by atoms with Crippen LogP contribution in [0.15, 0.2) is 29.4 Å². The van der Waals surface area contributed by atoms with Crippen LogP contribution in [0.1, 0.15) is 31.9 Å². The third kappa shape index (κ3) is 11.1. The maximum absolute atomic E-state index is 12.3. The molecule has 2 rings (SSSR count). The van der Waals surface area contributed by atoms with Gasteiger partial charge in [-0.2, -0.15) is 0 Å². The molecule has 170 valence electrons. The lowest BCUT2D eigenvalue weighted by Gasteiger charge is -2.17. The molecule has 1 atom stereocenters. The van der Waals surface area contributed by atoms with Crippen LogP contribution in [0.25, 0.3) is 0 Å². The molecule has 0 aliphatic carbocycles. The smallest absolute Gasteiger partial charge is 0.244 e. The summed E-state index contributed by atoms with van der Waals surface area (Å²) in [4.78, 5) is 22.7. The number of guanidine groups is 1. The average molecular weight is 533 g/mol. The summed E-state index contributed by atoms with van der Waals surface area (Å²) in [6.45, 7) is 6.43. The summed E-state index contributed by atoms with van der Waals surface area (Å²) in [7, 11) is 1.80. The van der Waals surface area contributed by atoms with Gasteiger partial charge in [-0.1, -0.05) is 6.07 Å². The second-order valence-corrected chi connectivity index (χ2v) is 7.07. The molecule has 1 amide bonds. The number of halogens is 1. The standard InChI is InChI=1S/C21H35N5O3.HI/c1-3-22-21(24-12-7-14-28-17-19-9-6-15-29-19)25-16-20(27)26(2)13-10-18-8-4-5-11-23-18;/h4-5,8,11,19H,3,6-7,9-10,12-17H2,1-2H3,(H2,22,24,25);1H. The van der Waals surface area contributed by atoms with Crippen molar-refractivity contribution >= 4 is 35.8 Å². The number of nitrogens with one attached hydrogen (secondary N) is 2. The molecule has 0 aromatic carbocycles. The lowest BCUT2D eigenvalue weighted by molar-refractivity contribution is -0.128. The molecule has 0 saturated carbocycles. The molecule has 8 nitrogen and oxygen atoms in total. The van der Waals surface area contributed by atoms with Gasteiger partial charge in [-0.05, 0) is 38.3 Å². The van der Waals surface area contributed by atoms with Gasteiger partial charge >= 0.3 is 0 Å². The molecular formula is C21H36IN5O3. The molecule has 1 aliphatic heterocycles. The average Bonchev–Trinajstić information content (AvgIpc) is 3.26. The zero-order chi connectivity index (χ0) is 20.7. The molecule has 0 radical (unpaired) electrons. The fraction of sp³-hybridized carbons (Fsp3) is 0.667. The summed E-state index contributed by atoms with van der Waals surface area (Å²) >= 11 is 0. The summed E-state index contributed by atoms with van der Waals surface area (Å²) in [6.07, 6.45) is 5.87. The first-order valence-electron chi connectivity index (χ1n) is 10.5. The molecule has 1 unspecified atom stereocenters. The Morgan fingerprint density at radius 2 is 2.27 bits per heavy atom. The van der Waals surface area contributed by atoms with Crippen molar-refractivity contribution in [1.29, 1.82) is 0 Å². The maximum atomic E-state index is 12.3. The molecule has 0 spiro atoms. The van der Waals surface area contributed by atoms with E-state index in [-0.39, 0.29) is 42.5 Å². The van der Waals surface area contributed by atoms with Gasteiger partial charge < -0.3 is 25.0 Å². The van der Waals surface area contributed by atoms with E-state index >= 15 is 0 Å². The number of hydrogen-bond donors (Lipinski definition) is 2. The Kier molecular flexibility index (Phi) is 14.4. The van der Waals surface area contributed by atoms with Crippen molar-refractivity contribution in [3.63, 3.8) is 0 Å². The fourth-order valence-corrected chi connectivity index (χ4v) is 2.93. The van der Waals surface area contributed by atoms with Crippen molar-refractivity contribution in [1.82, 2.24) is 20.5 Å². The molecule has 1 fully saturated rings. The topological polar surface area (TPSA) is 88.1 Å². The molecule has 30 heavy (non-hydrogen) atoms. The van der Waals surface area contributed by atoms with Gasteiger partial charge in [-0.3, -0.25) is 9.78 Å². The molecule has 1 saturated heterocycles. The van der Waals surface area contributed by atoms with Gasteiger partial charge in [0.25, 0.3) is 0 Å². The third-order valence-electron chi connectivity index (χ3n) is 4.66. The summed E-state index contributed by atoms with van der Waals surface area (Å²) in [6, 6.07) is 5.81. The highest BCUT2D eigenvalue weighted by Gasteiger charge is 2.15. The van der Waals surface area contributed by atoms with Crippen molar-refractivity contribution < 1.29 is 14.3 Å². The van der Waals surface area contributed by atoms with E-state index in [1.807, 2.05) is 25.1 Å². The number of ether oxygens (including phenoxy) is 2. The van der Waals surface area contributed by atoms with Crippen LogP contribution in [-0.4, -0.2) is 80.9 Å². The number of pyridine rings is 1. The monoisotopic (exact) mass is 533 g/mol. The normalized spacial score (nSPS) is 16.1. The Bertz CT molecular complexity index is 612. The quantitative estimate of drug-likeness (QED) is 0.185. The Morgan fingerprint density at radius 3 is 2.97 bits per heavy atom. The van der Waals surface area contributed by atoms with E-state index in [9.17, 15) is 4.79 Å². The second-order valence-electron chi connectivity index (χ2n) is 7.07. The Morgan fingerprint density at radius 1 is 1.40 bits per heavy atom. The van der Waals surface area contributed by atoms with Gasteiger partial charge in [0.15, 0.2) is 5.96 Å². The molecule has 2 N–H and O–H groups in total. The molecule has 1 aliphatic rings. The highest BCUT2D eigenvalue weighted by atomic mass is 127. The van der Waals surface area contributed by atoms with Crippen LogP contribution >= 0.6 is 24.0 Å². The minimum absolute atomic E-state index is 0. The van der Waals surface area contributed by atoms with Crippen molar-refractivity contribution in [3.8, 4) is 0 Å². The number of nitrogens with zero attached hydrogens (tertiary/aromatic N) is 3. The minimum atomic E-state index is -0.0157. The van der Waals surface area contributed by atoms with Crippen LogP contribution in [-0.2, 0) is 20.7 Å². The number of carbonyl (C=O) groups is 1. The van der Waals surface area contributed by atoms with Crippen LogP contribution in [0.2, 0.25) is 0 Å². The Balaban J connectivity index is 0.00000450. The number of likely N-dealkylation sites (N-methyl/N-ethyl adjacent to an activating group) is 1. The lowest BCUT2D eigenvalue weighted by atomic mass is 10.2. The van der Waals surface area contributed by atoms with E-state index in [4.69, 9.17) is 9.47 Å². The predicted molar refractivity (Wildman–Crippen MR) is 129 cm³/mol. The molecule has 9 heteroatoms. The molecule has 2 heterocycles. The SMILES string of the molecule is CCNC(=NCC(=O)N(C)CCc1ccccn1)NCCCOCC1CCCO1.I. The zero-order valence-electron chi connectivity index (χ0n) is 18.1. The van der Waals surface area contributed by atoms with Gasteiger partial charge in [-0.25, -0.2) is 4.99 Å². The van der Waals surface area contributed by atoms with Gasteiger partial charge in [0.1, 0.15) is 6.54 Å². The number of carbonyl (C=O) groups excluding carboxylic acids is 1. The molecule has 0 bridgehead atoms. The first-order chi connectivity index (χ1) is 14.2. The number of hydrogen-bond acceptors (Lipinski definition) is 5. The van der Waals surface area contributed by atoms with Gasteiger partial charge in [0.2, 0.25) is 5.91 Å². The van der Waals surface area contributed by atoms with Gasteiger partial charge in [-0.15, -0.1) is 24.0 Å². The first-order valence-corrected chi connectivity index (χ1v) is 10.5. The van der Waals surface area contributed by atoms with Crippen LogP contribution in [0.4, 0.5) is 0 Å². The molecule has 1 aromatic heterocycles. The maximum Gasteiger partial charge on any atom is 0.244 e. The Labute approximate surface area is 197 Å². The second kappa shape index (κ2) is 16.3. The zero-order valence-corrected chi connectivity index (χ0v) is 20.5. The van der Waals surface area contributed by atoms with E-state index in [2.05, 4.69) is 20.6 Å². The highest BCUT2D eigenvalue weighted by molar-refractivity contribution is 14.0. The van der Waals surface area contributed by atoms with E-state index in [0.717, 1.165) is 51.1 Å². The largest absolute Gasteiger partial charge is 0.379 e. The summed E-state index contributed by atoms with van der Waals surface area (Å²) in [5.74, 6) is 0.635. The van der Waals surface area contributed by atoms with E-state index in [1.165, 1.54) is 0 Å². The highest BCUT2D eigenvalue weighted by Crippen LogP contribution is 2.11. The van der Waals surface area contributed by atoms with E-state index in [1.54, 1.807) is 18.1 Å². The van der Waals surface area contributed by atoms with Crippen LogP contribution in [0, 0.1) is 0 Å². The van der Waals surface area contributed by atoms with Crippen molar-refractivity contribution in [2.45, 2.75) is 38.7 Å². The van der Waals surface area contributed by atoms with E-state index in [0.29, 0.717) is 25.7 Å². The van der Waals surface area contributed by atoms with Crippen LogP contribution in [0.3, 0.4) is 0 Å². The predicted octanol–water partition coefficient (Wildman–Crippen LogP) is 1.84. The Hall–Kier alpha value is -1.46. The third-order valence-corrected chi connectivity index (χ3v) is 4.66. The summed E-state index contributed by atoms with van der Waals surface area (Å²) in [5, 5.41) is 6.42. The van der Waals surface area contributed by atoms with Crippen molar-refractivity contribution in [2.24, 2.45) is 4.99 Å². The number of amides is 1. The number of aliphatic imine (C=N–C) groups is 1. The molecule has 1 aromatic rings. The van der Waals surface area contributed by atoms with Crippen molar-refractivity contribution in [3.05, 3.63) is 30.1 Å². The summed E-state index contributed by atoms with van der Waals surface area (Å²) < 4.78 is 11.2. The van der Waals surface area contributed by atoms with Crippen LogP contribution in [0.5, 0.6) is 0 Å². The van der Waals surface area contributed by atoms with Gasteiger partial charge in [0.05, 0.1) is 12.7 Å². The van der Waals surface area contributed by atoms with Crippen molar-refractivity contribution in [2.75, 3.05) is 53.0 Å². The van der Waals surface area contributed by atoms with Gasteiger partial charge in [0, 0.05) is 58.2 Å².